The Labute approximate surface area is 128 Å². The van der Waals surface area contributed by atoms with Gasteiger partial charge in [-0.05, 0) is 0 Å². The van der Waals surface area contributed by atoms with Gasteiger partial charge in [-0.3, -0.25) is 0 Å². The number of unbranched alkanes of at least 4 members (excludes halogenated alkanes) is 3. The Morgan fingerprint density at radius 3 is 1.70 bits per heavy atom. The van der Waals surface area contributed by atoms with Gasteiger partial charge in [0.15, 0.2) is 0 Å². The molecule has 0 aliphatic rings. The average molecular weight is 384 g/mol. The molecule has 20 heavy (non-hydrogen) atoms. The number of hydrogen-bond acceptors (Lipinski definition) is 3. The third-order valence-corrected chi connectivity index (χ3v) is 19.3. The topological polar surface area (TPSA) is 51.8 Å². The summed E-state index contributed by atoms with van der Waals surface area (Å²) in [5, 5.41) is 0. The van der Waals surface area contributed by atoms with Crippen LogP contribution in [-0.4, -0.2) is 28.3 Å². The van der Waals surface area contributed by atoms with Gasteiger partial charge in [-0.2, -0.15) is 0 Å². The zero-order chi connectivity index (χ0) is 14.8. The Balaban J connectivity index is 3.00. The summed E-state index contributed by atoms with van der Waals surface area (Å²) in [5.41, 5.74) is 5.72. The summed E-state index contributed by atoms with van der Waals surface area (Å²) in [5.74, 6) is 0.551. The molecule has 0 aliphatic heterocycles. The molecule has 1 aromatic rings. The molecule has 0 unspecified atom stereocenters. The number of hydrogen-bond donors (Lipinski definition) is 1. The van der Waals surface area contributed by atoms with Crippen LogP contribution in [0.2, 0.25) is 13.3 Å². The SMILES string of the molecule is CCC[CH2][Sn]([CH2]CCC)([CH2]CCC)[c]1cnc(N)cn1. The number of nitrogens with zero attached hydrogens (tertiary/aromatic N) is 2. The quantitative estimate of drug-likeness (QED) is 0.618. The van der Waals surface area contributed by atoms with Crippen molar-refractivity contribution in [3.05, 3.63) is 12.4 Å². The van der Waals surface area contributed by atoms with Crippen LogP contribution in [0.5, 0.6) is 0 Å². The molecule has 114 valence electrons. The molecular weight excluding hydrogens is 353 g/mol. The summed E-state index contributed by atoms with van der Waals surface area (Å²) in [6.07, 6.45) is 11.7. The van der Waals surface area contributed by atoms with E-state index >= 15 is 0 Å². The second-order valence-electron chi connectivity index (χ2n) is 5.92. The van der Waals surface area contributed by atoms with Gasteiger partial charge in [-0.25, -0.2) is 0 Å². The first-order valence-electron chi connectivity index (χ1n) is 8.26. The van der Waals surface area contributed by atoms with Crippen molar-refractivity contribution < 1.29 is 0 Å². The van der Waals surface area contributed by atoms with Crippen molar-refractivity contribution in [2.24, 2.45) is 0 Å². The summed E-state index contributed by atoms with van der Waals surface area (Å²) in [6, 6.07) is 0. The summed E-state index contributed by atoms with van der Waals surface area (Å²) < 4.78 is 5.67. The van der Waals surface area contributed by atoms with Gasteiger partial charge in [0.25, 0.3) is 0 Å². The number of rotatable bonds is 10. The molecule has 0 saturated carbocycles. The molecular formula is C16H31N3Sn. The fourth-order valence-corrected chi connectivity index (χ4v) is 18.0. The predicted molar refractivity (Wildman–Crippen MR) is 91.0 cm³/mol. The van der Waals surface area contributed by atoms with Crippen LogP contribution in [0.25, 0.3) is 0 Å². The minimum absolute atomic E-state index is 0.551. The first-order valence-corrected chi connectivity index (χ1v) is 15.7. The van der Waals surface area contributed by atoms with Gasteiger partial charge in [0.2, 0.25) is 0 Å². The maximum absolute atomic E-state index is 5.72. The van der Waals surface area contributed by atoms with Gasteiger partial charge in [0, 0.05) is 0 Å². The standard InChI is InChI=1S/C4H4N3.3C4H9.Sn/c5-4-3-6-1-2-7-4;3*1-3-4-2;/h2-3H,(H2,5,7);3*1,3-4H2,2H3;. The Kier molecular flexibility index (Phi) is 8.50. The molecule has 0 amide bonds. The second kappa shape index (κ2) is 9.59. The molecule has 0 fully saturated rings. The minimum atomic E-state index is -2.36. The van der Waals surface area contributed by atoms with E-state index in [1.807, 2.05) is 6.20 Å². The zero-order valence-corrected chi connectivity index (χ0v) is 16.3. The van der Waals surface area contributed by atoms with Gasteiger partial charge in [0.1, 0.15) is 0 Å². The molecule has 1 heterocycles. The molecule has 3 nitrogen and oxygen atoms in total. The summed E-state index contributed by atoms with van der Waals surface area (Å²) >= 11 is -2.36. The molecule has 2 N–H and O–H groups in total. The van der Waals surface area contributed by atoms with E-state index in [0.717, 1.165) is 0 Å². The number of nitrogens with two attached hydrogens (primary N) is 1. The monoisotopic (exact) mass is 385 g/mol. The molecule has 0 saturated heterocycles. The van der Waals surface area contributed by atoms with Crippen molar-refractivity contribution in [2.75, 3.05) is 5.73 Å². The van der Waals surface area contributed by atoms with Crippen molar-refractivity contribution in [3.63, 3.8) is 0 Å². The number of anilines is 1. The van der Waals surface area contributed by atoms with Gasteiger partial charge >= 0.3 is 129 Å². The van der Waals surface area contributed by atoms with E-state index in [0.29, 0.717) is 5.82 Å². The Bertz CT molecular complexity index is 343. The van der Waals surface area contributed by atoms with E-state index in [2.05, 4.69) is 25.8 Å². The van der Waals surface area contributed by atoms with Gasteiger partial charge in [0.05, 0.1) is 0 Å². The Morgan fingerprint density at radius 2 is 1.35 bits per heavy atom. The Hall–Kier alpha value is -0.321. The van der Waals surface area contributed by atoms with Crippen molar-refractivity contribution >= 4 is 27.9 Å². The van der Waals surface area contributed by atoms with E-state index in [4.69, 9.17) is 10.7 Å². The fourth-order valence-electron chi connectivity index (χ4n) is 2.92. The summed E-state index contributed by atoms with van der Waals surface area (Å²) in [4.78, 5) is 9.05. The van der Waals surface area contributed by atoms with Crippen molar-refractivity contribution in [1.29, 1.82) is 0 Å². The normalized spacial score (nSPS) is 11.8. The van der Waals surface area contributed by atoms with Crippen LogP contribution in [0.1, 0.15) is 59.3 Å². The van der Waals surface area contributed by atoms with Gasteiger partial charge < -0.3 is 0 Å². The fraction of sp³-hybridized carbons (Fsp3) is 0.750. The average Bonchev–Trinajstić information content (AvgIpc) is 2.48. The van der Waals surface area contributed by atoms with Crippen molar-refractivity contribution in [3.8, 4) is 0 Å². The van der Waals surface area contributed by atoms with E-state index in [9.17, 15) is 0 Å². The Morgan fingerprint density at radius 1 is 0.850 bits per heavy atom. The van der Waals surface area contributed by atoms with E-state index in [1.54, 1.807) is 6.20 Å². The first-order chi connectivity index (χ1) is 9.68. The second-order valence-corrected chi connectivity index (χ2v) is 19.0. The molecule has 0 aromatic carbocycles. The van der Waals surface area contributed by atoms with E-state index in [-0.39, 0.29) is 0 Å². The van der Waals surface area contributed by atoms with E-state index < -0.39 is 18.4 Å². The van der Waals surface area contributed by atoms with Gasteiger partial charge in [-0.15, -0.1) is 0 Å². The molecule has 0 atom stereocenters. The molecule has 0 aliphatic carbocycles. The van der Waals surface area contributed by atoms with Crippen LogP contribution in [0.4, 0.5) is 5.82 Å². The van der Waals surface area contributed by atoms with Gasteiger partial charge in [-0.1, -0.05) is 0 Å². The predicted octanol–water partition coefficient (Wildman–Crippen LogP) is 4.11. The van der Waals surface area contributed by atoms with Crippen LogP contribution in [0.15, 0.2) is 12.4 Å². The van der Waals surface area contributed by atoms with Crippen LogP contribution >= 0.6 is 0 Å². The molecule has 4 heteroatoms. The third kappa shape index (κ3) is 5.23. The molecule has 1 rings (SSSR count). The van der Waals surface area contributed by atoms with Crippen LogP contribution in [0, 0.1) is 0 Å². The van der Waals surface area contributed by atoms with Crippen molar-refractivity contribution in [2.45, 2.75) is 72.6 Å². The molecule has 0 bridgehead atoms. The third-order valence-electron chi connectivity index (χ3n) is 4.24. The summed E-state index contributed by atoms with van der Waals surface area (Å²) in [7, 11) is 0. The summed E-state index contributed by atoms with van der Waals surface area (Å²) in [6.45, 7) is 6.89. The maximum atomic E-state index is 5.72. The van der Waals surface area contributed by atoms with Crippen LogP contribution in [-0.2, 0) is 0 Å². The number of nitrogen functional groups attached to an aromatic ring is 1. The first kappa shape index (κ1) is 17.7. The van der Waals surface area contributed by atoms with Crippen LogP contribution < -0.4 is 9.44 Å². The van der Waals surface area contributed by atoms with Crippen LogP contribution in [0.3, 0.4) is 0 Å². The molecule has 0 radical (unpaired) electrons. The number of aromatic nitrogens is 2. The van der Waals surface area contributed by atoms with Crippen molar-refractivity contribution in [1.82, 2.24) is 9.97 Å². The van der Waals surface area contributed by atoms with E-state index in [1.165, 1.54) is 55.5 Å². The molecule has 1 aromatic heterocycles. The molecule has 0 spiro atoms. The zero-order valence-electron chi connectivity index (χ0n) is 13.5.